The first kappa shape index (κ1) is 14.0. The summed E-state index contributed by atoms with van der Waals surface area (Å²) in [4.78, 5) is 3.92. The number of benzene rings is 1. The van der Waals surface area contributed by atoms with E-state index in [4.69, 9.17) is 12.2 Å². The highest BCUT2D eigenvalue weighted by Crippen LogP contribution is 2.14. The summed E-state index contributed by atoms with van der Waals surface area (Å²) in [5, 5.41) is 6.54. The number of anilines is 1. The molecule has 4 nitrogen and oxygen atoms in total. The molecule has 0 unspecified atom stereocenters. The van der Waals surface area contributed by atoms with Gasteiger partial charge in [0.15, 0.2) is 5.11 Å². The number of thiocarbonyl (C=S) groups is 1. The van der Waals surface area contributed by atoms with Crippen molar-refractivity contribution >= 4 is 29.2 Å². The van der Waals surface area contributed by atoms with Gasteiger partial charge in [0.05, 0.1) is 11.9 Å². The van der Waals surface area contributed by atoms with E-state index in [0.29, 0.717) is 0 Å². The third kappa shape index (κ3) is 4.06. The van der Waals surface area contributed by atoms with Gasteiger partial charge in [0.1, 0.15) is 11.6 Å². The summed E-state index contributed by atoms with van der Waals surface area (Å²) >= 11 is 4.93. The monoisotopic (exact) mass is 292 g/mol. The number of nitrogens with one attached hydrogen (secondary N) is 2. The van der Waals surface area contributed by atoms with Crippen LogP contribution in [-0.4, -0.2) is 16.3 Å². The van der Waals surface area contributed by atoms with Crippen LogP contribution in [0.1, 0.15) is 5.56 Å². The summed E-state index contributed by atoms with van der Waals surface area (Å²) in [6.45, 7) is 0. The molecule has 2 aromatic rings. The van der Waals surface area contributed by atoms with Crippen molar-refractivity contribution in [1.29, 1.82) is 0 Å². The van der Waals surface area contributed by atoms with E-state index in [1.54, 1.807) is 18.5 Å². The van der Waals surface area contributed by atoms with Crippen LogP contribution in [0.4, 0.5) is 14.5 Å². The average molecular weight is 292 g/mol. The quantitative estimate of drug-likeness (QED) is 0.519. The standard InChI is InChI=1S/C13H10F2N4S/c14-10-3-4-12(11(15)6-10)18-13(20)19-17-8-9-2-1-5-16-7-9/h1-8H,(H2,18,19,20)/b17-8-. The van der Waals surface area contributed by atoms with Crippen LogP contribution in [0.25, 0.3) is 0 Å². The first-order valence-corrected chi connectivity index (χ1v) is 6.01. The number of hydrogen-bond donors (Lipinski definition) is 2. The molecular weight excluding hydrogens is 282 g/mol. The average Bonchev–Trinajstić information content (AvgIpc) is 2.43. The number of hydrazone groups is 1. The summed E-state index contributed by atoms with van der Waals surface area (Å²) in [6, 6.07) is 6.74. The maximum atomic E-state index is 13.4. The van der Waals surface area contributed by atoms with Gasteiger partial charge in [-0.3, -0.25) is 10.4 Å². The van der Waals surface area contributed by atoms with Gasteiger partial charge in [0, 0.05) is 24.0 Å². The summed E-state index contributed by atoms with van der Waals surface area (Å²) in [5.74, 6) is -1.38. The van der Waals surface area contributed by atoms with Gasteiger partial charge in [-0.25, -0.2) is 8.78 Å². The maximum absolute atomic E-state index is 13.4. The van der Waals surface area contributed by atoms with E-state index >= 15 is 0 Å². The number of hydrogen-bond acceptors (Lipinski definition) is 3. The van der Waals surface area contributed by atoms with Crippen molar-refractivity contribution in [1.82, 2.24) is 10.4 Å². The smallest absolute Gasteiger partial charge is 0.191 e. The highest BCUT2D eigenvalue weighted by atomic mass is 32.1. The van der Waals surface area contributed by atoms with Crippen LogP contribution >= 0.6 is 12.2 Å². The second-order valence-electron chi connectivity index (χ2n) is 3.73. The third-order valence-electron chi connectivity index (χ3n) is 2.24. The van der Waals surface area contributed by atoms with E-state index in [0.717, 1.165) is 17.7 Å². The van der Waals surface area contributed by atoms with Crippen LogP contribution in [0.2, 0.25) is 0 Å². The molecule has 102 valence electrons. The van der Waals surface area contributed by atoms with Crippen molar-refractivity contribution in [2.24, 2.45) is 5.10 Å². The largest absolute Gasteiger partial charge is 0.329 e. The lowest BCUT2D eigenvalue weighted by molar-refractivity contribution is 0.586. The summed E-state index contributed by atoms with van der Waals surface area (Å²) < 4.78 is 26.1. The molecule has 0 aliphatic heterocycles. The summed E-state index contributed by atoms with van der Waals surface area (Å²) in [7, 11) is 0. The molecule has 0 spiro atoms. The van der Waals surface area contributed by atoms with Crippen molar-refractivity contribution in [2.45, 2.75) is 0 Å². The fourth-order valence-electron chi connectivity index (χ4n) is 1.36. The zero-order valence-electron chi connectivity index (χ0n) is 10.2. The van der Waals surface area contributed by atoms with Crippen LogP contribution in [0.3, 0.4) is 0 Å². The van der Waals surface area contributed by atoms with E-state index in [1.165, 1.54) is 12.3 Å². The Kier molecular flexibility index (Phi) is 4.67. The Morgan fingerprint density at radius 1 is 1.30 bits per heavy atom. The predicted molar refractivity (Wildman–Crippen MR) is 77.5 cm³/mol. The molecule has 0 saturated carbocycles. The van der Waals surface area contributed by atoms with E-state index in [9.17, 15) is 8.78 Å². The molecule has 0 atom stereocenters. The Labute approximate surface area is 119 Å². The molecule has 1 aromatic heterocycles. The van der Waals surface area contributed by atoms with Gasteiger partial charge in [0.25, 0.3) is 0 Å². The molecule has 1 heterocycles. The molecule has 2 N–H and O–H groups in total. The molecular formula is C13H10F2N4S. The molecule has 0 aliphatic carbocycles. The molecule has 1 aromatic carbocycles. The van der Waals surface area contributed by atoms with Gasteiger partial charge in [-0.2, -0.15) is 5.10 Å². The predicted octanol–water partition coefficient (Wildman–Crippen LogP) is 2.68. The molecule has 0 radical (unpaired) electrons. The van der Waals surface area contributed by atoms with E-state index in [-0.39, 0.29) is 10.8 Å². The Morgan fingerprint density at radius 3 is 2.85 bits per heavy atom. The summed E-state index contributed by atoms with van der Waals surface area (Å²) in [5.41, 5.74) is 3.38. The number of aromatic nitrogens is 1. The Hall–Kier alpha value is -2.41. The lowest BCUT2D eigenvalue weighted by Crippen LogP contribution is -2.24. The first-order valence-electron chi connectivity index (χ1n) is 5.60. The Morgan fingerprint density at radius 2 is 2.15 bits per heavy atom. The number of pyridine rings is 1. The third-order valence-corrected chi connectivity index (χ3v) is 2.44. The van der Waals surface area contributed by atoms with E-state index < -0.39 is 11.6 Å². The van der Waals surface area contributed by atoms with Gasteiger partial charge >= 0.3 is 0 Å². The number of rotatable bonds is 3. The Balaban J connectivity index is 1.91. The van der Waals surface area contributed by atoms with Crippen molar-refractivity contribution in [3.05, 3.63) is 59.9 Å². The molecule has 0 bridgehead atoms. The fourth-order valence-corrected chi connectivity index (χ4v) is 1.52. The fraction of sp³-hybridized carbons (Fsp3) is 0. The molecule has 20 heavy (non-hydrogen) atoms. The zero-order valence-corrected chi connectivity index (χ0v) is 11.0. The topological polar surface area (TPSA) is 49.3 Å². The first-order chi connectivity index (χ1) is 9.65. The highest BCUT2D eigenvalue weighted by molar-refractivity contribution is 7.80. The Bertz CT molecular complexity index is 632. The SMILES string of the molecule is Fc1ccc(NC(=S)N/N=C\c2cccnc2)c(F)c1. The van der Waals surface area contributed by atoms with Crippen LogP contribution in [0.5, 0.6) is 0 Å². The second-order valence-corrected chi connectivity index (χ2v) is 4.14. The van der Waals surface area contributed by atoms with Crippen molar-refractivity contribution in [3.8, 4) is 0 Å². The number of nitrogens with zero attached hydrogens (tertiary/aromatic N) is 2. The number of halogens is 2. The minimum atomic E-state index is -0.731. The van der Waals surface area contributed by atoms with E-state index in [2.05, 4.69) is 20.8 Å². The lowest BCUT2D eigenvalue weighted by Gasteiger charge is -2.07. The minimum absolute atomic E-state index is 0.0699. The molecule has 0 aliphatic rings. The highest BCUT2D eigenvalue weighted by Gasteiger charge is 2.04. The van der Waals surface area contributed by atoms with Gasteiger partial charge in [-0.05, 0) is 30.4 Å². The van der Waals surface area contributed by atoms with Gasteiger partial charge in [0.2, 0.25) is 0 Å². The van der Waals surface area contributed by atoms with Crippen LogP contribution in [-0.2, 0) is 0 Å². The van der Waals surface area contributed by atoms with E-state index in [1.807, 2.05) is 6.07 Å². The molecule has 0 saturated heterocycles. The normalized spacial score (nSPS) is 10.5. The minimum Gasteiger partial charge on any atom is -0.329 e. The van der Waals surface area contributed by atoms with Gasteiger partial charge < -0.3 is 5.32 Å². The molecule has 7 heteroatoms. The van der Waals surface area contributed by atoms with Gasteiger partial charge in [-0.1, -0.05) is 6.07 Å². The molecule has 2 rings (SSSR count). The molecule has 0 fully saturated rings. The van der Waals surface area contributed by atoms with Crippen LogP contribution < -0.4 is 10.7 Å². The van der Waals surface area contributed by atoms with Crippen LogP contribution in [0.15, 0.2) is 47.8 Å². The van der Waals surface area contributed by atoms with Crippen LogP contribution in [0, 0.1) is 11.6 Å². The van der Waals surface area contributed by atoms with Crippen molar-refractivity contribution < 1.29 is 8.78 Å². The second kappa shape index (κ2) is 6.67. The lowest BCUT2D eigenvalue weighted by atomic mass is 10.3. The zero-order chi connectivity index (χ0) is 14.4. The maximum Gasteiger partial charge on any atom is 0.191 e. The summed E-state index contributed by atoms with van der Waals surface area (Å²) in [6.07, 6.45) is 4.79. The van der Waals surface area contributed by atoms with Gasteiger partial charge in [-0.15, -0.1) is 0 Å². The molecule has 0 amide bonds. The van der Waals surface area contributed by atoms with Crippen molar-refractivity contribution in [2.75, 3.05) is 5.32 Å². The van der Waals surface area contributed by atoms with Crippen molar-refractivity contribution in [3.63, 3.8) is 0 Å².